The number of nitrogens with zero attached hydrogens (tertiary/aromatic N) is 1. The third-order valence-electron chi connectivity index (χ3n) is 4.55. The van der Waals surface area contributed by atoms with Crippen LogP contribution in [0.2, 0.25) is 0 Å². The maximum absolute atomic E-state index is 14.7. The summed E-state index contributed by atoms with van der Waals surface area (Å²) in [5, 5.41) is 8.70. The quantitative estimate of drug-likeness (QED) is 0.206. The number of aryl methyl sites for hydroxylation is 1. The van der Waals surface area contributed by atoms with Crippen LogP contribution in [-0.2, 0) is 6.42 Å². The molecule has 0 fully saturated rings. The molecule has 31 heavy (non-hydrogen) atoms. The van der Waals surface area contributed by atoms with Gasteiger partial charge in [-0.1, -0.05) is 24.8 Å². The van der Waals surface area contributed by atoms with Crippen molar-refractivity contribution in [1.29, 1.82) is 5.26 Å². The minimum atomic E-state index is -1.42. The number of nitriles is 1. The Kier molecular flexibility index (Phi) is 6.84. The molecule has 0 saturated heterocycles. The maximum Gasteiger partial charge on any atom is 0.166 e. The van der Waals surface area contributed by atoms with Gasteiger partial charge in [-0.2, -0.15) is 5.26 Å². The minimum absolute atomic E-state index is 0.0792. The molecule has 0 unspecified atom stereocenters. The molecule has 0 spiro atoms. The van der Waals surface area contributed by atoms with E-state index < -0.39 is 34.4 Å². The molecule has 0 N–H and O–H groups in total. The first-order chi connectivity index (χ1) is 14.8. The van der Waals surface area contributed by atoms with E-state index >= 15 is 0 Å². The van der Waals surface area contributed by atoms with Crippen LogP contribution in [0.25, 0.3) is 11.7 Å². The lowest BCUT2D eigenvalue weighted by Crippen LogP contribution is -1.95. The van der Waals surface area contributed by atoms with E-state index in [1.165, 1.54) is 18.2 Å². The van der Waals surface area contributed by atoms with Gasteiger partial charge in [0.15, 0.2) is 11.7 Å². The summed E-state index contributed by atoms with van der Waals surface area (Å²) < 4.78 is 56.9. The van der Waals surface area contributed by atoms with Crippen molar-refractivity contribution in [2.24, 2.45) is 0 Å². The fourth-order valence-electron chi connectivity index (χ4n) is 2.89. The highest BCUT2D eigenvalue weighted by molar-refractivity contribution is 7.80. The molecule has 3 aromatic carbocycles. The Bertz CT molecular complexity index is 1250. The number of rotatable bonds is 3. The Morgan fingerprint density at radius 1 is 0.871 bits per heavy atom. The molecule has 0 aromatic heterocycles. The van der Waals surface area contributed by atoms with Crippen molar-refractivity contribution in [2.45, 2.75) is 18.2 Å². The number of benzene rings is 3. The van der Waals surface area contributed by atoms with Gasteiger partial charge in [-0.05, 0) is 60.5 Å². The Balaban J connectivity index is 1.98. The van der Waals surface area contributed by atoms with Gasteiger partial charge < -0.3 is 0 Å². The molecule has 1 nitrogen and oxygen atoms in total. The summed E-state index contributed by atoms with van der Waals surface area (Å²) >= 11 is 4.22. The molecule has 0 radical (unpaired) electrons. The van der Waals surface area contributed by atoms with Crippen molar-refractivity contribution in [3.05, 3.63) is 99.6 Å². The van der Waals surface area contributed by atoms with Gasteiger partial charge in [-0.3, -0.25) is 0 Å². The molecule has 0 bridgehead atoms. The van der Waals surface area contributed by atoms with Crippen LogP contribution in [0.4, 0.5) is 17.6 Å². The van der Waals surface area contributed by atoms with Gasteiger partial charge in [0.2, 0.25) is 0 Å². The Labute approximate surface area is 183 Å². The second-order valence-electron chi connectivity index (χ2n) is 6.58. The van der Waals surface area contributed by atoms with Crippen molar-refractivity contribution >= 4 is 24.3 Å². The molecule has 0 atom stereocenters. The van der Waals surface area contributed by atoms with Crippen LogP contribution in [0.1, 0.15) is 40.3 Å². The van der Waals surface area contributed by atoms with Crippen molar-refractivity contribution in [3.63, 3.8) is 0 Å². The van der Waals surface area contributed by atoms with E-state index in [-0.39, 0.29) is 5.56 Å². The van der Waals surface area contributed by atoms with Crippen LogP contribution < -0.4 is 0 Å². The SMILES string of the molecule is CCc1cc(/C(F)=C(\F)c2cc(F)c(C#N)c(F)c2)ccc1C#Cc1ccc(S)cc1. The highest BCUT2D eigenvalue weighted by Gasteiger charge is 2.17. The number of hydrogen-bond donors (Lipinski definition) is 1. The predicted molar refractivity (Wildman–Crippen MR) is 116 cm³/mol. The first-order valence-electron chi connectivity index (χ1n) is 9.23. The molecule has 0 aliphatic rings. The van der Waals surface area contributed by atoms with E-state index in [2.05, 4.69) is 24.5 Å². The zero-order valence-electron chi connectivity index (χ0n) is 16.3. The first-order valence-corrected chi connectivity index (χ1v) is 9.68. The predicted octanol–water partition coefficient (Wildman–Crippen LogP) is 6.85. The summed E-state index contributed by atoms with van der Waals surface area (Å²) in [5.41, 5.74) is 0.578. The molecule has 0 aliphatic heterocycles. The van der Waals surface area contributed by atoms with Crippen LogP contribution >= 0.6 is 12.6 Å². The van der Waals surface area contributed by atoms with Gasteiger partial charge in [0.1, 0.15) is 23.3 Å². The van der Waals surface area contributed by atoms with Crippen molar-refractivity contribution in [3.8, 4) is 17.9 Å². The summed E-state index contributed by atoms with van der Waals surface area (Å²) in [7, 11) is 0. The van der Waals surface area contributed by atoms with Gasteiger partial charge in [0.25, 0.3) is 0 Å². The lowest BCUT2D eigenvalue weighted by atomic mass is 10.00. The molecule has 0 amide bonds. The molecule has 3 rings (SSSR count). The fraction of sp³-hybridized carbons (Fsp3) is 0.0800. The standard InChI is InChI=1S/C25H15F4NS/c1-2-16-11-18(8-7-17(16)6-3-15-4-9-20(31)10-5-15)24(28)25(29)19-12-22(26)21(14-30)23(27)13-19/h4-5,7-13,31H,2H2,1H3/b25-24+. The molecule has 3 aromatic rings. The molecule has 6 heteroatoms. The summed E-state index contributed by atoms with van der Waals surface area (Å²) in [6.07, 6.45) is 0.516. The Hall–Kier alpha value is -3.48. The zero-order chi connectivity index (χ0) is 22.5. The third kappa shape index (κ3) is 4.99. The van der Waals surface area contributed by atoms with Crippen LogP contribution in [0.15, 0.2) is 59.5 Å². The Morgan fingerprint density at radius 2 is 1.48 bits per heavy atom. The molecule has 0 saturated carbocycles. The number of halogens is 4. The van der Waals surface area contributed by atoms with Crippen LogP contribution in [0, 0.1) is 34.8 Å². The van der Waals surface area contributed by atoms with Gasteiger partial charge >= 0.3 is 0 Å². The largest absolute Gasteiger partial charge is 0.205 e. The highest BCUT2D eigenvalue weighted by Crippen LogP contribution is 2.31. The van der Waals surface area contributed by atoms with Gasteiger partial charge in [-0.25, -0.2) is 17.6 Å². The second-order valence-corrected chi connectivity index (χ2v) is 7.09. The highest BCUT2D eigenvalue weighted by atomic mass is 32.1. The molecular formula is C25H15F4NS. The van der Waals surface area contributed by atoms with Crippen LogP contribution in [-0.4, -0.2) is 0 Å². The molecule has 154 valence electrons. The summed E-state index contributed by atoms with van der Waals surface area (Å²) in [5.74, 6) is 0.828. The zero-order valence-corrected chi connectivity index (χ0v) is 17.2. The van der Waals surface area contributed by atoms with E-state index in [1.54, 1.807) is 6.07 Å². The first kappa shape index (κ1) is 22.2. The van der Waals surface area contributed by atoms with Crippen molar-refractivity contribution in [2.75, 3.05) is 0 Å². The smallest absolute Gasteiger partial charge is 0.166 e. The van der Waals surface area contributed by atoms with Crippen LogP contribution in [0.5, 0.6) is 0 Å². The van der Waals surface area contributed by atoms with E-state index in [1.807, 2.05) is 31.2 Å². The fourth-order valence-corrected chi connectivity index (χ4v) is 3.04. The van der Waals surface area contributed by atoms with Gasteiger partial charge in [0, 0.05) is 27.1 Å². The van der Waals surface area contributed by atoms with Gasteiger partial charge in [0.05, 0.1) is 0 Å². The molecule has 0 aliphatic carbocycles. The Morgan fingerprint density at radius 3 is 2.06 bits per heavy atom. The molecule has 0 heterocycles. The topological polar surface area (TPSA) is 23.8 Å². The lowest BCUT2D eigenvalue weighted by molar-refractivity contribution is 0.574. The number of hydrogen-bond acceptors (Lipinski definition) is 2. The van der Waals surface area contributed by atoms with Gasteiger partial charge in [-0.15, -0.1) is 12.6 Å². The second kappa shape index (κ2) is 9.55. The third-order valence-corrected chi connectivity index (χ3v) is 4.85. The van der Waals surface area contributed by atoms with Crippen LogP contribution in [0.3, 0.4) is 0 Å². The minimum Gasteiger partial charge on any atom is -0.205 e. The van der Waals surface area contributed by atoms with E-state index in [9.17, 15) is 17.6 Å². The normalized spacial score (nSPS) is 11.3. The van der Waals surface area contributed by atoms with E-state index in [0.717, 1.165) is 10.5 Å². The summed E-state index contributed by atoms with van der Waals surface area (Å²) in [6.45, 7) is 1.85. The maximum atomic E-state index is 14.7. The summed E-state index contributed by atoms with van der Waals surface area (Å²) in [6, 6.07) is 14.2. The average Bonchev–Trinajstić information content (AvgIpc) is 2.77. The van der Waals surface area contributed by atoms with E-state index in [0.29, 0.717) is 29.7 Å². The van der Waals surface area contributed by atoms with Crippen molar-refractivity contribution < 1.29 is 17.6 Å². The molecular weight excluding hydrogens is 422 g/mol. The summed E-state index contributed by atoms with van der Waals surface area (Å²) in [4.78, 5) is 0.815. The monoisotopic (exact) mass is 437 g/mol. The lowest BCUT2D eigenvalue weighted by Gasteiger charge is -2.07. The average molecular weight is 437 g/mol. The van der Waals surface area contributed by atoms with Crippen molar-refractivity contribution in [1.82, 2.24) is 0 Å². The van der Waals surface area contributed by atoms with E-state index in [4.69, 9.17) is 5.26 Å². The number of thiol groups is 1.